The summed E-state index contributed by atoms with van der Waals surface area (Å²) < 4.78 is 0. The molecule has 2 aliphatic rings. The highest BCUT2D eigenvalue weighted by molar-refractivity contribution is 6.20. The SMILES string of the molecule is ClC1CCC(NC2CCCCCC2)CC1. The van der Waals surface area contributed by atoms with Crippen LogP contribution in [0.4, 0.5) is 0 Å². The number of nitrogens with one attached hydrogen (secondary N) is 1. The third-order valence-electron chi connectivity index (χ3n) is 3.98. The van der Waals surface area contributed by atoms with Gasteiger partial charge in [0.15, 0.2) is 0 Å². The number of hydrogen-bond acceptors (Lipinski definition) is 1. The van der Waals surface area contributed by atoms with Crippen molar-refractivity contribution in [3.63, 3.8) is 0 Å². The summed E-state index contributed by atoms with van der Waals surface area (Å²) in [5.41, 5.74) is 0. The van der Waals surface area contributed by atoms with Crippen molar-refractivity contribution < 1.29 is 0 Å². The largest absolute Gasteiger partial charge is 0.311 e. The average Bonchev–Trinajstić information content (AvgIpc) is 2.50. The van der Waals surface area contributed by atoms with Crippen LogP contribution in [0, 0.1) is 0 Å². The molecule has 0 aromatic rings. The Morgan fingerprint density at radius 1 is 0.667 bits per heavy atom. The summed E-state index contributed by atoms with van der Waals surface area (Å²) >= 11 is 6.12. The van der Waals surface area contributed by atoms with E-state index in [2.05, 4.69) is 5.32 Å². The predicted molar refractivity (Wildman–Crippen MR) is 66.5 cm³/mol. The van der Waals surface area contributed by atoms with Gasteiger partial charge in [-0.3, -0.25) is 0 Å². The van der Waals surface area contributed by atoms with Crippen LogP contribution in [0.5, 0.6) is 0 Å². The van der Waals surface area contributed by atoms with Crippen molar-refractivity contribution in [2.45, 2.75) is 81.7 Å². The maximum absolute atomic E-state index is 6.12. The molecule has 88 valence electrons. The molecule has 2 fully saturated rings. The standard InChI is InChI=1S/C13H24ClN/c14-11-7-9-13(10-8-11)15-12-5-3-1-2-4-6-12/h11-13,15H,1-10H2. The Morgan fingerprint density at radius 2 is 1.20 bits per heavy atom. The van der Waals surface area contributed by atoms with E-state index in [1.807, 2.05) is 0 Å². The summed E-state index contributed by atoms with van der Waals surface area (Å²) in [6.45, 7) is 0. The molecule has 0 aromatic carbocycles. The van der Waals surface area contributed by atoms with E-state index in [-0.39, 0.29) is 0 Å². The minimum Gasteiger partial charge on any atom is -0.311 e. The lowest BCUT2D eigenvalue weighted by atomic mass is 9.93. The second-order valence-electron chi connectivity index (χ2n) is 5.30. The van der Waals surface area contributed by atoms with Gasteiger partial charge in [0, 0.05) is 17.5 Å². The highest BCUT2D eigenvalue weighted by Gasteiger charge is 2.22. The van der Waals surface area contributed by atoms with E-state index in [9.17, 15) is 0 Å². The van der Waals surface area contributed by atoms with Gasteiger partial charge in [0.1, 0.15) is 0 Å². The zero-order valence-electron chi connectivity index (χ0n) is 9.68. The highest BCUT2D eigenvalue weighted by atomic mass is 35.5. The maximum atomic E-state index is 6.12. The molecule has 1 N–H and O–H groups in total. The van der Waals surface area contributed by atoms with E-state index in [4.69, 9.17) is 11.6 Å². The number of halogens is 1. The fraction of sp³-hybridized carbons (Fsp3) is 1.00. The van der Waals surface area contributed by atoms with E-state index in [1.54, 1.807) is 0 Å². The Morgan fingerprint density at radius 3 is 1.80 bits per heavy atom. The molecule has 0 aliphatic heterocycles. The number of alkyl halides is 1. The fourth-order valence-corrected chi connectivity index (χ4v) is 3.25. The van der Waals surface area contributed by atoms with Crippen molar-refractivity contribution in [2.75, 3.05) is 0 Å². The van der Waals surface area contributed by atoms with Gasteiger partial charge in [-0.2, -0.15) is 0 Å². The van der Waals surface area contributed by atoms with Crippen molar-refractivity contribution in [1.29, 1.82) is 0 Å². The number of hydrogen-bond donors (Lipinski definition) is 1. The van der Waals surface area contributed by atoms with E-state index in [0.717, 1.165) is 12.1 Å². The molecular formula is C13H24ClN. The van der Waals surface area contributed by atoms with Crippen molar-refractivity contribution in [3.05, 3.63) is 0 Å². The summed E-state index contributed by atoms with van der Waals surface area (Å²) in [5.74, 6) is 0. The topological polar surface area (TPSA) is 12.0 Å². The van der Waals surface area contributed by atoms with Gasteiger partial charge in [-0.1, -0.05) is 25.7 Å². The summed E-state index contributed by atoms with van der Waals surface area (Å²) in [7, 11) is 0. The normalized spacial score (nSPS) is 35.0. The highest BCUT2D eigenvalue weighted by Crippen LogP contribution is 2.25. The first-order valence-corrected chi connectivity index (χ1v) is 7.18. The van der Waals surface area contributed by atoms with Gasteiger partial charge in [-0.05, 0) is 38.5 Å². The van der Waals surface area contributed by atoms with Crippen LogP contribution in [-0.4, -0.2) is 17.5 Å². The molecule has 0 spiro atoms. The summed E-state index contributed by atoms with van der Waals surface area (Å²) in [6.07, 6.45) is 13.6. The van der Waals surface area contributed by atoms with Crippen LogP contribution in [0.2, 0.25) is 0 Å². The molecule has 15 heavy (non-hydrogen) atoms. The fourth-order valence-electron chi connectivity index (χ4n) is 3.00. The van der Waals surface area contributed by atoms with Crippen LogP contribution in [0.15, 0.2) is 0 Å². The van der Waals surface area contributed by atoms with Crippen molar-refractivity contribution >= 4 is 11.6 Å². The Bertz CT molecular complexity index is 167. The molecule has 0 atom stereocenters. The minimum atomic E-state index is 0.456. The Hall–Kier alpha value is 0.250. The van der Waals surface area contributed by atoms with E-state index < -0.39 is 0 Å². The Balaban J connectivity index is 1.70. The van der Waals surface area contributed by atoms with E-state index in [1.165, 1.54) is 64.2 Å². The molecular weight excluding hydrogens is 206 g/mol. The van der Waals surface area contributed by atoms with E-state index in [0.29, 0.717) is 5.38 Å². The third kappa shape index (κ3) is 3.96. The van der Waals surface area contributed by atoms with Crippen molar-refractivity contribution in [2.24, 2.45) is 0 Å². The monoisotopic (exact) mass is 229 g/mol. The van der Waals surface area contributed by atoms with Gasteiger partial charge < -0.3 is 5.32 Å². The predicted octanol–water partition coefficient (Wildman–Crippen LogP) is 3.85. The van der Waals surface area contributed by atoms with Gasteiger partial charge in [0.25, 0.3) is 0 Å². The number of rotatable bonds is 2. The van der Waals surface area contributed by atoms with Crippen LogP contribution < -0.4 is 5.32 Å². The van der Waals surface area contributed by atoms with Gasteiger partial charge in [-0.25, -0.2) is 0 Å². The zero-order chi connectivity index (χ0) is 10.5. The molecule has 2 heteroatoms. The molecule has 2 rings (SSSR count). The van der Waals surface area contributed by atoms with Crippen LogP contribution in [0.25, 0.3) is 0 Å². The molecule has 2 aliphatic carbocycles. The van der Waals surface area contributed by atoms with Gasteiger partial charge in [0.05, 0.1) is 0 Å². The Labute approximate surface area is 99.0 Å². The molecule has 0 saturated heterocycles. The molecule has 0 unspecified atom stereocenters. The van der Waals surface area contributed by atoms with Crippen LogP contribution in [0.3, 0.4) is 0 Å². The molecule has 0 heterocycles. The first kappa shape index (κ1) is 11.7. The molecule has 0 aromatic heterocycles. The lowest BCUT2D eigenvalue weighted by molar-refractivity contribution is 0.322. The smallest absolute Gasteiger partial charge is 0.0337 e. The van der Waals surface area contributed by atoms with Crippen molar-refractivity contribution in [1.82, 2.24) is 5.32 Å². The zero-order valence-corrected chi connectivity index (χ0v) is 10.4. The summed E-state index contributed by atoms with van der Waals surface area (Å²) in [5, 5.41) is 4.32. The van der Waals surface area contributed by atoms with Crippen LogP contribution in [0.1, 0.15) is 64.2 Å². The van der Waals surface area contributed by atoms with E-state index >= 15 is 0 Å². The average molecular weight is 230 g/mol. The second-order valence-corrected chi connectivity index (χ2v) is 5.92. The Kier molecular flexibility index (Phi) is 4.77. The molecule has 2 saturated carbocycles. The first-order chi connectivity index (χ1) is 7.34. The van der Waals surface area contributed by atoms with Gasteiger partial charge in [-0.15, -0.1) is 11.6 Å². The second kappa shape index (κ2) is 6.10. The molecule has 0 amide bonds. The molecule has 0 bridgehead atoms. The summed E-state index contributed by atoms with van der Waals surface area (Å²) in [6, 6.07) is 1.58. The van der Waals surface area contributed by atoms with Crippen LogP contribution in [-0.2, 0) is 0 Å². The maximum Gasteiger partial charge on any atom is 0.0337 e. The van der Waals surface area contributed by atoms with Crippen molar-refractivity contribution in [3.8, 4) is 0 Å². The van der Waals surface area contributed by atoms with Crippen LogP contribution >= 0.6 is 11.6 Å². The van der Waals surface area contributed by atoms with Gasteiger partial charge >= 0.3 is 0 Å². The molecule has 0 radical (unpaired) electrons. The lowest BCUT2D eigenvalue weighted by Crippen LogP contribution is -2.40. The summed E-state index contributed by atoms with van der Waals surface area (Å²) in [4.78, 5) is 0. The molecule has 1 nitrogen and oxygen atoms in total. The lowest BCUT2D eigenvalue weighted by Gasteiger charge is -2.29. The quantitative estimate of drug-likeness (QED) is 0.560. The third-order valence-corrected chi connectivity index (χ3v) is 4.42. The van der Waals surface area contributed by atoms with Gasteiger partial charge in [0.2, 0.25) is 0 Å². The first-order valence-electron chi connectivity index (χ1n) is 6.75. The minimum absolute atomic E-state index is 0.456.